The van der Waals surface area contributed by atoms with E-state index in [0.29, 0.717) is 31.3 Å². The normalized spacial score (nSPS) is 11.7. The number of halogens is 1. The summed E-state index contributed by atoms with van der Waals surface area (Å²) in [4.78, 5) is 27.6. The van der Waals surface area contributed by atoms with Gasteiger partial charge in [-0.1, -0.05) is 12.1 Å². The number of nitrogens with one attached hydrogen (secondary N) is 4. The zero-order valence-electron chi connectivity index (χ0n) is 20.8. The highest BCUT2D eigenvalue weighted by atomic mass is 127. The Bertz CT molecular complexity index is 756. The summed E-state index contributed by atoms with van der Waals surface area (Å²) in [6.07, 6.45) is 0.662. The maximum absolute atomic E-state index is 11.8. The van der Waals surface area contributed by atoms with E-state index in [-0.39, 0.29) is 24.0 Å². The molecule has 10 heteroatoms. The first-order chi connectivity index (χ1) is 14.9. The number of rotatable bonds is 8. The van der Waals surface area contributed by atoms with Crippen molar-refractivity contribution in [1.82, 2.24) is 16.0 Å². The van der Waals surface area contributed by atoms with E-state index in [0.717, 1.165) is 18.4 Å². The number of ether oxygens (including phenoxy) is 2. The molecule has 9 nitrogen and oxygen atoms in total. The molecule has 0 heterocycles. The maximum atomic E-state index is 11.8. The topological polar surface area (TPSA) is 113 Å². The molecule has 0 aliphatic heterocycles. The lowest BCUT2D eigenvalue weighted by Gasteiger charge is -2.19. The van der Waals surface area contributed by atoms with Gasteiger partial charge in [0.2, 0.25) is 0 Å². The largest absolute Gasteiger partial charge is 0.444 e. The summed E-state index contributed by atoms with van der Waals surface area (Å²) in [5, 5.41) is 11.9. The second kappa shape index (κ2) is 14.8. The number of anilines is 1. The molecule has 0 unspecified atom stereocenters. The van der Waals surface area contributed by atoms with Gasteiger partial charge in [0.15, 0.2) is 5.96 Å². The fourth-order valence-electron chi connectivity index (χ4n) is 2.52. The predicted octanol–water partition coefficient (Wildman–Crippen LogP) is 4.27. The summed E-state index contributed by atoms with van der Waals surface area (Å²) in [5.41, 5.74) is 0.790. The van der Waals surface area contributed by atoms with E-state index in [9.17, 15) is 9.59 Å². The number of benzene rings is 1. The second-order valence-corrected chi connectivity index (χ2v) is 9.28. The Kier molecular flexibility index (Phi) is 13.8. The van der Waals surface area contributed by atoms with Gasteiger partial charge < -0.3 is 25.4 Å². The Morgan fingerprint density at radius 3 is 1.88 bits per heavy atom. The summed E-state index contributed by atoms with van der Waals surface area (Å²) in [6.45, 7) is 12.9. The molecule has 0 aromatic heterocycles. The van der Waals surface area contributed by atoms with E-state index in [1.807, 2.05) is 65.8 Å². The van der Waals surface area contributed by atoms with Gasteiger partial charge in [-0.15, -0.1) is 24.0 Å². The Balaban J connectivity index is 0.0000102. The molecule has 1 aromatic rings. The van der Waals surface area contributed by atoms with E-state index in [4.69, 9.17) is 9.47 Å². The van der Waals surface area contributed by atoms with Crippen molar-refractivity contribution < 1.29 is 19.1 Å². The smallest absolute Gasteiger partial charge is 0.412 e. The SMILES string of the molecule is CN=C(NCCCNC(=O)OC(C)(C)C)NCCc1ccc(NC(=O)OC(C)(C)C)cc1.I. The van der Waals surface area contributed by atoms with Crippen LogP contribution in [0.1, 0.15) is 53.5 Å². The number of alkyl carbamates (subject to hydrolysis) is 1. The fourth-order valence-corrected chi connectivity index (χ4v) is 2.52. The monoisotopic (exact) mass is 577 g/mol. The van der Waals surface area contributed by atoms with Crippen LogP contribution >= 0.6 is 24.0 Å². The molecule has 4 N–H and O–H groups in total. The van der Waals surface area contributed by atoms with Crippen molar-refractivity contribution in [3.8, 4) is 0 Å². The van der Waals surface area contributed by atoms with Gasteiger partial charge in [-0.3, -0.25) is 10.3 Å². The molecule has 188 valence electrons. The van der Waals surface area contributed by atoms with Gasteiger partial charge in [-0.05, 0) is 72.1 Å². The fraction of sp³-hybridized carbons (Fsp3) is 0.609. The molecule has 0 fully saturated rings. The highest BCUT2D eigenvalue weighted by molar-refractivity contribution is 14.0. The molecule has 0 spiro atoms. The molecule has 0 bridgehead atoms. The number of carbonyl (C=O) groups is 2. The Labute approximate surface area is 214 Å². The minimum atomic E-state index is -0.531. The maximum Gasteiger partial charge on any atom is 0.412 e. The van der Waals surface area contributed by atoms with E-state index in [1.54, 1.807) is 7.05 Å². The first-order valence-corrected chi connectivity index (χ1v) is 10.9. The number of amides is 2. The molecule has 0 aliphatic carbocycles. The van der Waals surface area contributed by atoms with Crippen molar-refractivity contribution in [2.45, 2.75) is 65.6 Å². The van der Waals surface area contributed by atoms with Crippen molar-refractivity contribution >= 4 is 47.8 Å². The standard InChI is InChI=1S/C23H39N5O4.HI/c1-22(2,3)31-20(29)27-15-8-14-25-19(24-7)26-16-13-17-9-11-18(12-10-17)28-21(30)32-23(4,5)6;/h9-12H,8,13-16H2,1-7H3,(H,27,29)(H,28,30)(H2,24,25,26);1H. The quantitative estimate of drug-likeness (QED) is 0.159. The van der Waals surface area contributed by atoms with Gasteiger partial charge in [-0.2, -0.15) is 0 Å². The van der Waals surface area contributed by atoms with Gasteiger partial charge in [0.25, 0.3) is 0 Å². The van der Waals surface area contributed by atoms with Crippen LogP contribution in [0.4, 0.5) is 15.3 Å². The minimum Gasteiger partial charge on any atom is -0.444 e. The average molecular weight is 578 g/mol. The van der Waals surface area contributed by atoms with Crippen LogP contribution in [-0.4, -0.2) is 56.0 Å². The number of hydrogen-bond acceptors (Lipinski definition) is 5. The van der Waals surface area contributed by atoms with Crippen molar-refractivity contribution in [1.29, 1.82) is 0 Å². The van der Waals surface area contributed by atoms with Crippen molar-refractivity contribution in [3.05, 3.63) is 29.8 Å². The number of nitrogens with zero attached hydrogens (tertiary/aromatic N) is 1. The number of carbonyl (C=O) groups excluding carboxylic acids is 2. The Morgan fingerprint density at radius 1 is 0.818 bits per heavy atom. The Hall–Kier alpha value is -2.24. The van der Waals surface area contributed by atoms with Crippen LogP contribution in [0.2, 0.25) is 0 Å². The molecule has 0 saturated heterocycles. The Morgan fingerprint density at radius 2 is 1.33 bits per heavy atom. The highest BCUT2D eigenvalue weighted by Gasteiger charge is 2.16. The predicted molar refractivity (Wildman–Crippen MR) is 144 cm³/mol. The van der Waals surface area contributed by atoms with Crippen molar-refractivity contribution in [2.75, 3.05) is 32.0 Å². The van der Waals surface area contributed by atoms with E-state index in [2.05, 4.69) is 26.3 Å². The summed E-state index contributed by atoms with van der Waals surface area (Å²) in [7, 11) is 1.71. The van der Waals surface area contributed by atoms with Crippen LogP contribution in [0.5, 0.6) is 0 Å². The first kappa shape index (κ1) is 30.8. The van der Waals surface area contributed by atoms with Gasteiger partial charge in [0, 0.05) is 32.4 Å². The molecule has 0 aliphatic rings. The molecular formula is C23H40IN5O4. The summed E-state index contributed by atoms with van der Waals surface area (Å²) < 4.78 is 10.4. The minimum absolute atomic E-state index is 0. The number of guanidine groups is 1. The van der Waals surface area contributed by atoms with Gasteiger partial charge >= 0.3 is 12.2 Å². The van der Waals surface area contributed by atoms with Crippen LogP contribution < -0.4 is 21.3 Å². The lowest BCUT2D eigenvalue weighted by atomic mass is 10.1. The molecule has 1 rings (SSSR count). The van der Waals surface area contributed by atoms with Gasteiger partial charge in [-0.25, -0.2) is 9.59 Å². The lowest BCUT2D eigenvalue weighted by molar-refractivity contribution is 0.0526. The van der Waals surface area contributed by atoms with Crippen LogP contribution in [-0.2, 0) is 15.9 Å². The van der Waals surface area contributed by atoms with E-state index < -0.39 is 23.4 Å². The molecular weight excluding hydrogens is 537 g/mol. The van der Waals surface area contributed by atoms with Crippen LogP contribution in [0.25, 0.3) is 0 Å². The molecule has 33 heavy (non-hydrogen) atoms. The summed E-state index contributed by atoms with van der Waals surface area (Å²) in [6, 6.07) is 7.63. The molecule has 0 saturated carbocycles. The van der Waals surface area contributed by atoms with Crippen molar-refractivity contribution in [3.63, 3.8) is 0 Å². The third-order valence-electron chi connectivity index (χ3n) is 3.84. The molecule has 1 aromatic carbocycles. The third kappa shape index (κ3) is 16.1. The zero-order valence-corrected chi connectivity index (χ0v) is 23.2. The van der Waals surface area contributed by atoms with E-state index in [1.165, 1.54) is 0 Å². The van der Waals surface area contributed by atoms with Crippen LogP contribution in [0.3, 0.4) is 0 Å². The third-order valence-corrected chi connectivity index (χ3v) is 3.84. The molecule has 0 radical (unpaired) electrons. The highest BCUT2D eigenvalue weighted by Crippen LogP contribution is 2.13. The number of aliphatic imine (C=N–C) groups is 1. The average Bonchev–Trinajstić information content (AvgIpc) is 2.64. The lowest BCUT2D eigenvalue weighted by Crippen LogP contribution is -2.40. The number of hydrogen-bond donors (Lipinski definition) is 4. The van der Waals surface area contributed by atoms with Gasteiger partial charge in [0.1, 0.15) is 11.2 Å². The first-order valence-electron chi connectivity index (χ1n) is 10.9. The van der Waals surface area contributed by atoms with Crippen LogP contribution in [0, 0.1) is 0 Å². The molecule has 0 atom stereocenters. The zero-order chi connectivity index (χ0) is 24.2. The van der Waals surface area contributed by atoms with Crippen molar-refractivity contribution in [2.24, 2.45) is 4.99 Å². The summed E-state index contributed by atoms with van der Waals surface area (Å²) >= 11 is 0. The van der Waals surface area contributed by atoms with Gasteiger partial charge in [0.05, 0.1) is 0 Å². The van der Waals surface area contributed by atoms with E-state index >= 15 is 0 Å². The summed E-state index contributed by atoms with van der Waals surface area (Å²) in [5.74, 6) is 0.700. The molecule has 2 amide bonds. The van der Waals surface area contributed by atoms with Crippen LogP contribution in [0.15, 0.2) is 29.3 Å². The second-order valence-electron chi connectivity index (χ2n) is 9.28.